The summed E-state index contributed by atoms with van der Waals surface area (Å²) >= 11 is 0. The van der Waals surface area contributed by atoms with E-state index in [-0.39, 0.29) is 12.4 Å². The van der Waals surface area contributed by atoms with E-state index >= 15 is 0 Å². The van der Waals surface area contributed by atoms with Crippen LogP contribution in [0.25, 0.3) is 0 Å². The van der Waals surface area contributed by atoms with Crippen molar-refractivity contribution in [2.75, 3.05) is 19.6 Å². The molecular formula is C15H25ClN2O2S. The van der Waals surface area contributed by atoms with Crippen molar-refractivity contribution in [3.63, 3.8) is 0 Å². The predicted octanol–water partition coefficient (Wildman–Crippen LogP) is 2.34. The third-order valence-electron chi connectivity index (χ3n) is 3.76. The zero-order valence-corrected chi connectivity index (χ0v) is 14.1. The van der Waals surface area contributed by atoms with E-state index in [1.54, 1.807) is 12.1 Å². The van der Waals surface area contributed by atoms with Crippen molar-refractivity contribution >= 4 is 22.4 Å². The van der Waals surface area contributed by atoms with Crippen LogP contribution in [0.5, 0.6) is 0 Å². The summed E-state index contributed by atoms with van der Waals surface area (Å²) in [6, 6.07) is 7.33. The maximum Gasteiger partial charge on any atom is 0.240 e. The van der Waals surface area contributed by atoms with Gasteiger partial charge in [0.15, 0.2) is 0 Å². The van der Waals surface area contributed by atoms with Gasteiger partial charge in [0.05, 0.1) is 4.90 Å². The van der Waals surface area contributed by atoms with Gasteiger partial charge in [-0.3, -0.25) is 0 Å². The summed E-state index contributed by atoms with van der Waals surface area (Å²) in [5.74, 6) is 0.719. The van der Waals surface area contributed by atoms with Gasteiger partial charge >= 0.3 is 0 Å². The largest absolute Gasteiger partial charge is 0.317 e. The second-order valence-electron chi connectivity index (χ2n) is 5.44. The van der Waals surface area contributed by atoms with E-state index in [1.807, 2.05) is 19.1 Å². The number of piperidine rings is 1. The third kappa shape index (κ3) is 5.58. The zero-order chi connectivity index (χ0) is 14.4. The van der Waals surface area contributed by atoms with E-state index < -0.39 is 10.0 Å². The Bertz CT molecular complexity index is 511. The molecule has 0 amide bonds. The van der Waals surface area contributed by atoms with Gasteiger partial charge < -0.3 is 5.32 Å². The highest BCUT2D eigenvalue weighted by Crippen LogP contribution is 2.19. The Kier molecular flexibility index (Phi) is 7.66. The van der Waals surface area contributed by atoms with Crippen molar-refractivity contribution in [1.29, 1.82) is 0 Å². The van der Waals surface area contributed by atoms with Gasteiger partial charge in [-0.05, 0) is 62.4 Å². The fraction of sp³-hybridized carbons (Fsp3) is 0.600. The van der Waals surface area contributed by atoms with E-state index in [4.69, 9.17) is 0 Å². The SMILES string of the molecule is CCCNS(=O)(=O)c1ccc(CC2CCNCC2)cc1.Cl. The Hall–Kier alpha value is -0.620. The molecule has 0 unspecified atom stereocenters. The maximum absolute atomic E-state index is 12.0. The molecule has 0 aromatic heterocycles. The van der Waals surface area contributed by atoms with E-state index in [0.717, 1.165) is 31.8 Å². The molecule has 2 N–H and O–H groups in total. The van der Waals surface area contributed by atoms with Crippen molar-refractivity contribution in [2.24, 2.45) is 5.92 Å². The Morgan fingerprint density at radius 2 is 1.81 bits per heavy atom. The second-order valence-corrected chi connectivity index (χ2v) is 7.21. The third-order valence-corrected chi connectivity index (χ3v) is 5.24. The van der Waals surface area contributed by atoms with Crippen LogP contribution in [0.4, 0.5) is 0 Å². The normalized spacial score (nSPS) is 16.4. The number of rotatable bonds is 6. The van der Waals surface area contributed by atoms with Crippen LogP contribution in [0.15, 0.2) is 29.2 Å². The van der Waals surface area contributed by atoms with Crippen LogP contribution in [-0.2, 0) is 16.4 Å². The smallest absolute Gasteiger partial charge is 0.240 e. The molecule has 4 nitrogen and oxygen atoms in total. The molecule has 1 aliphatic rings. The lowest BCUT2D eigenvalue weighted by Gasteiger charge is -2.22. The van der Waals surface area contributed by atoms with Crippen LogP contribution in [0.1, 0.15) is 31.7 Å². The van der Waals surface area contributed by atoms with Gasteiger partial charge in [0, 0.05) is 6.54 Å². The summed E-state index contributed by atoms with van der Waals surface area (Å²) in [6.07, 6.45) is 4.26. The molecule has 1 heterocycles. The van der Waals surface area contributed by atoms with Gasteiger partial charge in [-0.1, -0.05) is 19.1 Å². The second kappa shape index (κ2) is 8.73. The van der Waals surface area contributed by atoms with Crippen LogP contribution in [0, 0.1) is 5.92 Å². The minimum atomic E-state index is -3.33. The minimum absolute atomic E-state index is 0. The molecule has 21 heavy (non-hydrogen) atoms. The molecule has 1 saturated heterocycles. The summed E-state index contributed by atoms with van der Waals surface area (Å²) < 4.78 is 26.5. The molecule has 0 atom stereocenters. The molecule has 0 bridgehead atoms. The maximum atomic E-state index is 12.0. The summed E-state index contributed by atoms with van der Waals surface area (Å²) in [4.78, 5) is 0.361. The molecule has 1 aromatic rings. The lowest BCUT2D eigenvalue weighted by atomic mass is 9.91. The van der Waals surface area contributed by atoms with Gasteiger partial charge in [0.1, 0.15) is 0 Å². The number of hydrogen-bond donors (Lipinski definition) is 2. The van der Waals surface area contributed by atoms with Crippen molar-refractivity contribution in [1.82, 2.24) is 10.0 Å². The van der Waals surface area contributed by atoms with Gasteiger partial charge in [-0.25, -0.2) is 13.1 Å². The topological polar surface area (TPSA) is 58.2 Å². The average molecular weight is 333 g/mol. The first kappa shape index (κ1) is 18.4. The van der Waals surface area contributed by atoms with Crippen LogP contribution in [0.3, 0.4) is 0 Å². The molecule has 2 rings (SSSR count). The number of nitrogens with one attached hydrogen (secondary N) is 2. The minimum Gasteiger partial charge on any atom is -0.317 e. The molecule has 0 saturated carbocycles. The number of hydrogen-bond acceptors (Lipinski definition) is 3. The summed E-state index contributed by atoms with van der Waals surface area (Å²) in [6.45, 7) is 4.62. The van der Waals surface area contributed by atoms with Crippen LogP contribution in [-0.4, -0.2) is 28.1 Å². The van der Waals surface area contributed by atoms with E-state index in [2.05, 4.69) is 10.0 Å². The van der Waals surface area contributed by atoms with Crippen molar-refractivity contribution in [3.8, 4) is 0 Å². The zero-order valence-electron chi connectivity index (χ0n) is 12.5. The lowest BCUT2D eigenvalue weighted by molar-refractivity contribution is 0.372. The van der Waals surface area contributed by atoms with Gasteiger partial charge in [-0.2, -0.15) is 0 Å². The van der Waals surface area contributed by atoms with E-state index in [1.165, 1.54) is 18.4 Å². The molecule has 0 radical (unpaired) electrons. The van der Waals surface area contributed by atoms with Crippen molar-refractivity contribution < 1.29 is 8.42 Å². The number of benzene rings is 1. The Morgan fingerprint density at radius 3 is 2.38 bits per heavy atom. The fourth-order valence-electron chi connectivity index (χ4n) is 2.54. The standard InChI is InChI=1S/C15H24N2O2S.ClH/c1-2-9-17-20(18,19)15-5-3-13(4-6-15)12-14-7-10-16-11-8-14;/h3-6,14,16-17H,2,7-12H2,1H3;1H. The Balaban J connectivity index is 0.00000220. The monoisotopic (exact) mass is 332 g/mol. The van der Waals surface area contributed by atoms with E-state index in [0.29, 0.717) is 11.4 Å². The highest BCUT2D eigenvalue weighted by molar-refractivity contribution is 7.89. The number of sulfonamides is 1. The molecule has 6 heteroatoms. The molecule has 0 spiro atoms. The quantitative estimate of drug-likeness (QED) is 0.840. The summed E-state index contributed by atoms with van der Waals surface area (Å²) in [5.41, 5.74) is 1.23. The lowest BCUT2D eigenvalue weighted by Crippen LogP contribution is -2.28. The Morgan fingerprint density at radius 1 is 1.19 bits per heavy atom. The van der Waals surface area contributed by atoms with Gasteiger partial charge in [0.25, 0.3) is 0 Å². The van der Waals surface area contributed by atoms with Crippen LogP contribution >= 0.6 is 12.4 Å². The molecular weight excluding hydrogens is 308 g/mol. The summed E-state index contributed by atoms with van der Waals surface area (Å²) in [5, 5.41) is 3.36. The summed E-state index contributed by atoms with van der Waals surface area (Å²) in [7, 11) is -3.33. The average Bonchev–Trinajstić information content (AvgIpc) is 2.47. The first-order valence-corrected chi connectivity index (χ1v) is 8.89. The van der Waals surface area contributed by atoms with Gasteiger partial charge in [0.2, 0.25) is 10.0 Å². The van der Waals surface area contributed by atoms with Crippen LogP contribution < -0.4 is 10.0 Å². The Labute approximate surface area is 134 Å². The highest BCUT2D eigenvalue weighted by Gasteiger charge is 2.15. The highest BCUT2D eigenvalue weighted by atomic mass is 35.5. The molecule has 0 aliphatic carbocycles. The first-order chi connectivity index (χ1) is 9.62. The van der Waals surface area contributed by atoms with Crippen molar-refractivity contribution in [2.45, 2.75) is 37.5 Å². The van der Waals surface area contributed by atoms with Gasteiger partial charge in [-0.15, -0.1) is 12.4 Å². The number of halogens is 1. The molecule has 120 valence electrons. The predicted molar refractivity (Wildman–Crippen MR) is 88.5 cm³/mol. The van der Waals surface area contributed by atoms with Crippen molar-refractivity contribution in [3.05, 3.63) is 29.8 Å². The first-order valence-electron chi connectivity index (χ1n) is 7.41. The fourth-order valence-corrected chi connectivity index (χ4v) is 3.68. The molecule has 1 fully saturated rings. The van der Waals surface area contributed by atoms with Crippen LogP contribution in [0.2, 0.25) is 0 Å². The molecule has 1 aliphatic heterocycles. The molecule has 1 aromatic carbocycles. The van der Waals surface area contributed by atoms with E-state index in [9.17, 15) is 8.42 Å².